The molecule has 0 fully saturated rings. The van der Waals surface area contributed by atoms with Crippen LogP contribution in [0.2, 0.25) is 0 Å². The van der Waals surface area contributed by atoms with Gasteiger partial charge in [0.25, 0.3) is 0 Å². The van der Waals surface area contributed by atoms with Crippen molar-refractivity contribution in [1.29, 1.82) is 0 Å². The van der Waals surface area contributed by atoms with Crippen molar-refractivity contribution >= 4 is 12.0 Å². The van der Waals surface area contributed by atoms with Gasteiger partial charge in [0.1, 0.15) is 0 Å². The highest BCUT2D eigenvalue weighted by Gasteiger charge is 2.25. The van der Waals surface area contributed by atoms with Gasteiger partial charge in [-0.15, -0.1) is 0 Å². The van der Waals surface area contributed by atoms with E-state index < -0.39 is 0 Å². The lowest BCUT2D eigenvalue weighted by atomic mass is 9.99. The standard InChI is InChI=1S/C19H28O6/c1-8-10-13(19(20)25-9-2)11-14-12(3)15(21-4)17(23-6)18(24-7)16(14)22-5/h11H,8-10H2,1-7H3. The van der Waals surface area contributed by atoms with E-state index in [1.54, 1.807) is 27.2 Å². The first kappa shape index (κ1) is 20.7. The Morgan fingerprint density at radius 1 is 0.880 bits per heavy atom. The van der Waals surface area contributed by atoms with Crippen molar-refractivity contribution in [3.05, 3.63) is 16.7 Å². The second-order valence-electron chi connectivity index (χ2n) is 5.31. The number of carbonyl (C=O) groups is 1. The van der Waals surface area contributed by atoms with Crippen LogP contribution in [0.25, 0.3) is 6.08 Å². The molecule has 0 radical (unpaired) electrons. The number of ether oxygens (including phenoxy) is 5. The first-order valence-corrected chi connectivity index (χ1v) is 8.24. The number of benzene rings is 1. The molecule has 0 aliphatic carbocycles. The molecule has 25 heavy (non-hydrogen) atoms. The van der Waals surface area contributed by atoms with Crippen molar-refractivity contribution in [1.82, 2.24) is 0 Å². The molecule has 6 nitrogen and oxygen atoms in total. The Bertz CT molecular complexity index is 634. The van der Waals surface area contributed by atoms with Crippen LogP contribution in [0.15, 0.2) is 5.57 Å². The van der Waals surface area contributed by atoms with Gasteiger partial charge in [0, 0.05) is 16.7 Å². The van der Waals surface area contributed by atoms with E-state index in [2.05, 4.69) is 0 Å². The minimum Gasteiger partial charge on any atom is -0.492 e. The molecular weight excluding hydrogens is 324 g/mol. The number of carbonyl (C=O) groups excluding carboxylic acids is 1. The van der Waals surface area contributed by atoms with Gasteiger partial charge in [0.2, 0.25) is 11.5 Å². The molecule has 1 aromatic rings. The van der Waals surface area contributed by atoms with E-state index in [-0.39, 0.29) is 5.97 Å². The van der Waals surface area contributed by atoms with Crippen LogP contribution in [0.1, 0.15) is 37.8 Å². The van der Waals surface area contributed by atoms with E-state index in [4.69, 9.17) is 23.7 Å². The first-order valence-electron chi connectivity index (χ1n) is 8.24. The van der Waals surface area contributed by atoms with Gasteiger partial charge in [-0.3, -0.25) is 0 Å². The van der Waals surface area contributed by atoms with Gasteiger partial charge in [-0.25, -0.2) is 4.79 Å². The number of esters is 1. The normalized spacial score (nSPS) is 11.1. The maximum absolute atomic E-state index is 12.3. The summed E-state index contributed by atoms with van der Waals surface area (Å²) in [5.41, 5.74) is 2.06. The summed E-state index contributed by atoms with van der Waals surface area (Å²) in [5.74, 6) is 1.55. The highest BCUT2D eigenvalue weighted by Crippen LogP contribution is 2.50. The smallest absolute Gasteiger partial charge is 0.334 e. The average molecular weight is 352 g/mol. The topological polar surface area (TPSA) is 63.2 Å². The molecule has 0 aliphatic heterocycles. The third-order valence-electron chi connectivity index (χ3n) is 3.80. The molecule has 0 N–H and O–H groups in total. The zero-order valence-electron chi connectivity index (χ0n) is 16.1. The molecule has 0 spiro atoms. The maximum atomic E-state index is 12.3. The molecule has 0 bridgehead atoms. The van der Waals surface area contributed by atoms with E-state index in [0.29, 0.717) is 47.2 Å². The van der Waals surface area contributed by atoms with Gasteiger partial charge in [-0.1, -0.05) is 13.3 Å². The Kier molecular flexibility index (Phi) is 8.11. The summed E-state index contributed by atoms with van der Waals surface area (Å²) in [6.07, 6.45) is 3.19. The Labute approximate surface area is 149 Å². The SMILES string of the molecule is CCCC(=Cc1c(C)c(OC)c(OC)c(OC)c1OC)C(=O)OCC. The minimum absolute atomic E-state index is 0.325. The molecule has 140 valence electrons. The molecule has 6 heteroatoms. The molecule has 0 aliphatic rings. The van der Waals surface area contributed by atoms with Crippen molar-refractivity contribution < 1.29 is 28.5 Å². The lowest BCUT2D eigenvalue weighted by molar-refractivity contribution is -0.138. The summed E-state index contributed by atoms with van der Waals surface area (Å²) in [4.78, 5) is 12.3. The molecule has 0 saturated heterocycles. The lowest BCUT2D eigenvalue weighted by Gasteiger charge is -2.20. The van der Waals surface area contributed by atoms with Crippen LogP contribution in [-0.4, -0.2) is 41.0 Å². The Balaban J connectivity index is 3.71. The Morgan fingerprint density at radius 2 is 1.40 bits per heavy atom. The fourth-order valence-electron chi connectivity index (χ4n) is 2.69. The van der Waals surface area contributed by atoms with Crippen LogP contribution in [0.4, 0.5) is 0 Å². The number of rotatable bonds is 9. The van der Waals surface area contributed by atoms with Crippen LogP contribution in [0.5, 0.6) is 23.0 Å². The molecule has 0 atom stereocenters. The van der Waals surface area contributed by atoms with Crippen molar-refractivity contribution in [3.8, 4) is 23.0 Å². The molecule has 0 saturated carbocycles. The Hall–Kier alpha value is -2.37. The van der Waals surface area contributed by atoms with E-state index >= 15 is 0 Å². The van der Waals surface area contributed by atoms with Crippen LogP contribution in [0.3, 0.4) is 0 Å². The van der Waals surface area contributed by atoms with E-state index in [1.807, 2.05) is 13.8 Å². The minimum atomic E-state index is -0.334. The van der Waals surface area contributed by atoms with Crippen molar-refractivity contribution in [2.24, 2.45) is 0 Å². The van der Waals surface area contributed by atoms with Crippen LogP contribution >= 0.6 is 0 Å². The van der Waals surface area contributed by atoms with Crippen LogP contribution in [0, 0.1) is 6.92 Å². The van der Waals surface area contributed by atoms with Crippen molar-refractivity contribution in [2.45, 2.75) is 33.6 Å². The molecule has 0 amide bonds. The van der Waals surface area contributed by atoms with Crippen molar-refractivity contribution in [3.63, 3.8) is 0 Å². The number of methoxy groups -OCH3 is 4. The molecule has 1 aromatic carbocycles. The third kappa shape index (κ3) is 4.38. The summed E-state index contributed by atoms with van der Waals surface area (Å²) in [6, 6.07) is 0. The van der Waals surface area contributed by atoms with E-state index in [0.717, 1.165) is 12.0 Å². The van der Waals surface area contributed by atoms with Crippen molar-refractivity contribution in [2.75, 3.05) is 35.0 Å². The summed E-state index contributed by atoms with van der Waals surface area (Å²) in [7, 11) is 6.17. The predicted octanol–water partition coefficient (Wildman–Crippen LogP) is 3.78. The second kappa shape index (κ2) is 9.81. The highest BCUT2D eigenvalue weighted by atomic mass is 16.5. The summed E-state index contributed by atoms with van der Waals surface area (Å²) in [6.45, 7) is 5.99. The zero-order valence-corrected chi connectivity index (χ0v) is 16.1. The predicted molar refractivity (Wildman–Crippen MR) is 96.9 cm³/mol. The molecule has 0 heterocycles. The van der Waals surface area contributed by atoms with E-state index in [1.165, 1.54) is 14.2 Å². The first-order chi connectivity index (χ1) is 12.0. The zero-order chi connectivity index (χ0) is 19.0. The Morgan fingerprint density at radius 3 is 1.84 bits per heavy atom. The fourth-order valence-corrected chi connectivity index (χ4v) is 2.69. The van der Waals surface area contributed by atoms with Gasteiger partial charge in [0.05, 0.1) is 35.0 Å². The highest BCUT2D eigenvalue weighted by molar-refractivity contribution is 5.95. The monoisotopic (exact) mass is 352 g/mol. The lowest BCUT2D eigenvalue weighted by Crippen LogP contribution is -2.08. The van der Waals surface area contributed by atoms with Crippen LogP contribution in [-0.2, 0) is 9.53 Å². The quantitative estimate of drug-likeness (QED) is 0.498. The van der Waals surface area contributed by atoms with E-state index in [9.17, 15) is 4.79 Å². The third-order valence-corrected chi connectivity index (χ3v) is 3.80. The van der Waals surface area contributed by atoms with Crippen LogP contribution < -0.4 is 18.9 Å². The maximum Gasteiger partial charge on any atom is 0.334 e. The second-order valence-corrected chi connectivity index (χ2v) is 5.31. The van der Waals surface area contributed by atoms with Gasteiger partial charge in [0.15, 0.2) is 11.5 Å². The molecule has 1 rings (SSSR count). The van der Waals surface area contributed by atoms with Gasteiger partial charge < -0.3 is 23.7 Å². The van der Waals surface area contributed by atoms with Gasteiger partial charge in [-0.05, 0) is 26.3 Å². The fraction of sp³-hybridized carbons (Fsp3) is 0.526. The average Bonchev–Trinajstić information content (AvgIpc) is 2.61. The number of hydrogen-bond acceptors (Lipinski definition) is 6. The van der Waals surface area contributed by atoms with Gasteiger partial charge in [-0.2, -0.15) is 0 Å². The summed E-state index contributed by atoms with van der Waals surface area (Å²) >= 11 is 0. The molecule has 0 aromatic heterocycles. The summed E-state index contributed by atoms with van der Waals surface area (Å²) in [5, 5.41) is 0. The van der Waals surface area contributed by atoms with Gasteiger partial charge >= 0.3 is 5.97 Å². The number of hydrogen-bond donors (Lipinski definition) is 0. The molecular formula is C19H28O6. The summed E-state index contributed by atoms with van der Waals surface area (Å²) < 4.78 is 27.1. The molecule has 0 unspecified atom stereocenters. The largest absolute Gasteiger partial charge is 0.492 e.